The minimum Gasteiger partial charge on any atom is -0.480 e. The second-order valence-electron chi connectivity index (χ2n) is 6.39. The van der Waals surface area contributed by atoms with E-state index in [-0.39, 0.29) is 6.03 Å². The maximum absolute atomic E-state index is 12.7. The highest BCUT2D eigenvalue weighted by atomic mass is 16.4. The van der Waals surface area contributed by atoms with Gasteiger partial charge in [0, 0.05) is 19.1 Å². The number of urea groups is 1. The summed E-state index contributed by atoms with van der Waals surface area (Å²) >= 11 is 0. The highest BCUT2D eigenvalue weighted by Gasteiger charge is 2.48. The van der Waals surface area contributed by atoms with Crippen LogP contribution in [0.5, 0.6) is 0 Å². The quantitative estimate of drug-likeness (QED) is 0.850. The summed E-state index contributed by atoms with van der Waals surface area (Å²) in [4.78, 5) is 27.6. The number of carbonyl (C=O) groups is 2. The van der Waals surface area contributed by atoms with E-state index in [1.54, 1.807) is 11.8 Å². The lowest BCUT2D eigenvalue weighted by atomic mass is 9.99. The molecular weight excluding hydrogens is 244 g/mol. The van der Waals surface area contributed by atoms with Crippen LogP contribution in [0.4, 0.5) is 4.79 Å². The summed E-state index contributed by atoms with van der Waals surface area (Å²) in [5.41, 5.74) is -1.03. The normalized spacial score (nSPS) is 26.8. The van der Waals surface area contributed by atoms with Crippen LogP contribution in [-0.2, 0) is 4.79 Å². The summed E-state index contributed by atoms with van der Waals surface area (Å²) in [5, 5.41) is 9.40. The third kappa shape index (κ3) is 2.69. The first-order valence-electron chi connectivity index (χ1n) is 7.18. The number of carboxylic acids is 1. The van der Waals surface area contributed by atoms with Crippen LogP contribution in [0.3, 0.4) is 0 Å². The highest BCUT2D eigenvalue weighted by molar-refractivity contribution is 5.87. The molecule has 0 spiro atoms. The van der Waals surface area contributed by atoms with Crippen molar-refractivity contribution in [2.45, 2.75) is 58.0 Å². The second-order valence-corrected chi connectivity index (χ2v) is 6.39. The molecule has 1 atom stereocenters. The molecule has 2 rings (SSSR count). The molecule has 0 aromatic rings. The number of carboxylic acid groups (broad SMARTS) is 1. The number of amides is 2. The predicted molar refractivity (Wildman–Crippen MR) is 71.9 cm³/mol. The number of hydrogen-bond acceptors (Lipinski definition) is 2. The summed E-state index contributed by atoms with van der Waals surface area (Å²) in [6.45, 7) is 7.12. The number of rotatable bonds is 4. The van der Waals surface area contributed by atoms with Crippen LogP contribution in [0.2, 0.25) is 0 Å². The van der Waals surface area contributed by atoms with Gasteiger partial charge in [0.25, 0.3) is 0 Å². The van der Waals surface area contributed by atoms with E-state index in [0.29, 0.717) is 24.9 Å². The molecule has 1 aliphatic heterocycles. The van der Waals surface area contributed by atoms with Crippen molar-refractivity contribution in [3.63, 3.8) is 0 Å². The molecule has 19 heavy (non-hydrogen) atoms. The Morgan fingerprint density at radius 1 is 1.42 bits per heavy atom. The molecule has 0 aromatic heterocycles. The van der Waals surface area contributed by atoms with Gasteiger partial charge in [-0.2, -0.15) is 0 Å². The maximum Gasteiger partial charge on any atom is 0.329 e. The van der Waals surface area contributed by atoms with Gasteiger partial charge in [-0.15, -0.1) is 0 Å². The fourth-order valence-corrected chi connectivity index (χ4v) is 2.81. The molecule has 5 heteroatoms. The SMILES string of the molecule is CC(C)CN(C(=O)N1CCCC1(C)C(=O)O)C1CC1. The van der Waals surface area contributed by atoms with Crippen molar-refractivity contribution >= 4 is 12.0 Å². The van der Waals surface area contributed by atoms with Crippen LogP contribution in [0.25, 0.3) is 0 Å². The molecule has 1 saturated carbocycles. The molecule has 5 nitrogen and oxygen atoms in total. The van der Waals surface area contributed by atoms with E-state index >= 15 is 0 Å². The van der Waals surface area contributed by atoms with Crippen molar-refractivity contribution < 1.29 is 14.7 Å². The van der Waals surface area contributed by atoms with Crippen molar-refractivity contribution in [1.82, 2.24) is 9.80 Å². The molecule has 2 amide bonds. The summed E-state index contributed by atoms with van der Waals surface area (Å²) in [6.07, 6.45) is 3.43. The second kappa shape index (κ2) is 5.02. The minimum absolute atomic E-state index is 0.0846. The lowest BCUT2D eigenvalue weighted by molar-refractivity contribution is -0.147. The Morgan fingerprint density at radius 3 is 2.53 bits per heavy atom. The summed E-state index contributed by atoms with van der Waals surface area (Å²) < 4.78 is 0. The topological polar surface area (TPSA) is 60.9 Å². The largest absolute Gasteiger partial charge is 0.480 e. The molecule has 1 heterocycles. The first-order chi connectivity index (χ1) is 8.86. The van der Waals surface area contributed by atoms with Gasteiger partial charge < -0.3 is 14.9 Å². The molecule has 0 aromatic carbocycles. The lowest BCUT2D eigenvalue weighted by Gasteiger charge is -2.36. The van der Waals surface area contributed by atoms with Crippen LogP contribution < -0.4 is 0 Å². The Kier molecular flexibility index (Phi) is 3.74. The Bertz CT molecular complexity index is 379. The zero-order valence-electron chi connectivity index (χ0n) is 12.1. The molecule has 1 unspecified atom stereocenters. The molecule has 2 fully saturated rings. The van der Waals surface area contributed by atoms with Crippen molar-refractivity contribution in [1.29, 1.82) is 0 Å². The monoisotopic (exact) mass is 268 g/mol. The number of aliphatic carboxylic acids is 1. The molecule has 1 aliphatic carbocycles. The minimum atomic E-state index is -1.03. The van der Waals surface area contributed by atoms with Gasteiger partial charge in [0.15, 0.2) is 0 Å². The van der Waals surface area contributed by atoms with Gasteiger partial charge >= 0.3 is 12.0 Å². The number of hydrogen-bond donors (Lipinski definition) is 1. The third-order valence-corrected chi connectivity index (χ3v) is 4.13. The zero-order chi connectivity index (χ0) is 14.2. The summed E-state index contributed by atoms with van der Waals surface area (Å²) in [5.74, 6) is -0.484. The van der Waals surface area contributed by atoms with Crippen LogP contribution in [0.15, 0.2) is 0 Å². The molecule has 0 bridgehead atoms. The average Bonchev–Trinajstić information content (AvgIpc) is 3.08. The van der Waals surface area contributed by atoms with E-state index in [4.69, 9.17) is 0 Å². The van der Waals surface area contributed by atoms with Crippen LogP contribution in [0, 0.1) is 5.92 Å². The molecule has 0 radical (unpaired) electrons. The maximum atomic E-state index is 12.7. The van der Waals surface area contributed by atoms with Crippen molar-refractivity contribution in [2.24, 2.45) is 5.92 Å². The number of nitrogens with zero attached hydrogens (tertiary/aromatic N) is 2. The molecule has 2 aliphatic rings. The van der Waals surface area contributed by atoms with Crippen LogP contribution in [-0.4, -0.2) is 51.6 Å². The predicted octanol–water partition coefficient (Wildman–Crippen LogP) is 2.17. The Balaban J connectivity index is 2.14. The van der Waals surface area contributed by atoms with Crippen molar-refractivity contribution in [2.75, 3.05) is 13.1 Å². The van der Waals surface area contributed by atoms with Gasteiger partial charge in [0.2, 0.25) is 0 Å². The van der Waals surface area contributed by atoms with Crippen LogP contribution >= 0.6 is 0 Å². The highest BCUT2D eigenvalue weighted by Crippen LogP contribution is 2.34. The fourth-order valence-electron chi connectivity index (χ4n) is 2.81. The molecule has 1 N–H and O–H groups in total. The van der Waals surface area contributed by atoms with Gasteiger partial charge in [-0.3, -0.25) is 0 Å². The fraction of sp³-hybridized carbons (Fsp3) is 0.857. The summed E-state index contributed by atoms with van der Waals surface area (Å²) in [7, 11) is 0. The number of likely N-dealkylation sites (tertiary alicyclic amines) is 1. The van der Waals surface area contributed by atoms with E-state index < -0.39 is 11.5 Å². The average molecular weight is 268 g/mol. The van der Waals surface area contributed by atoms with Gasteiger partial charge in [0.1, 0.15) is 5.54 Å². The first-order valence-corrected chi connectivity index (χ1v) is 7.18. The smallest absolute Gasteiger partial charge is 0.329 e. The van der Waals surface area contributed by atoms with Gasteiger partial charge in [-0.25, -0.2) is 9.59 Å². The van der Waals surface area contributed by atoms with Gasteiger partial charge in [0.05, 0.1) is 0 Å². The zero-order valence-corrected chi connectivity index (χ0v) is 12.1. The molecule has 1 saturated heterocycles. The van der Waals surface area contributed by atoms with E-state index in [1.807, 2.05) is 4.90 Å². The lowest BCUT2D eigenvalue weighted by Crippen LogP contribution is -2.56. The summed E-state index contributed by atoms with van der Waals surface area (Å²) in [6, 6.07) is 0.243. The first kappa shape index (κ1) is 14.2. The van der Waals surface area contributed by atoms with Crippen molar-refractivity contribution in [3.8, 4) is 0 Å². The molecular formula is C14H24N2O3. The standard InChI is InChI=1S/C14H24N2O3/c1-10(2)9-15(11-5-6-11)13(19)16-8-4-7-14(16,3)12(17)18/h10-11H,4-9H2,1-3H3,(H,17,18). The number of carbonyl (C=O) groups excluding carboxylic acids is 1. The third-order valence-electron chi connectivity index (χ3n) is 4.13. The van der Waals surface area contributed by atoms with Gasteiger partial charge in [-0.05, 0) is 38.5 Å². The van der Waals surface area contributed by atoms with E-state index in [9.17, 15) is 14.7 Å². The van der Waals surface area contributed by atoms with E-state index in [2.05, 4.69) is 13.8 Å². The van der Waals surface area contributed by atoms with E-state index in [1.165, 1.54) is 0 Å². The van der Waals surface area contributed by atoms with Gasteiger partial charge in [-0.1, -0.05) is 13.8 Å². The Labute approximate surface area is 114 Å². The Hall–Kier alpha value is -1.26. The Morgan fingerprint density at radius 2 is 2.05 bits per heavy atom. The van der Waals surface area contributed by atoms with Crippen LogP contribution in [0.1, 0.15) is 46.5 Å². The van der Waals surface area contributed by atoms with Crippen molar-refractivity contribution in [3.05, 3.63) is 0 Å². The molecule has 108 valence electrons. The van der Waals surface area contributed by atoms with E-state index in [0.717, 1.165) is 25.8 Å².